The van der Waals surface area contributed by atoms with Crippen LogP contribution in [0.25, 0.3) is 0 Å². The topological polar surface area (TPSA) is 33.2 Å². The SMILES string of the molecule is CC1(C)CCN(C(=O)c2cccnc2Cl)CC1. The number of pyridine rings is 1. The van der Waals surface area contributed by atoms with Crippen molar-refractivity contribution in [3.63, 3.8) is 0 Å². The number of halogens is 1. The summed E-state index contributed by atoms with van der Waals surface area (Å²) in [6.45, 7) is 6.09. The number of hydrogen-bond donors (Lipinski definition) is 0. The van der Waals surface area contributed by atoms with Crippen LogP contribution in [0.15, 0.2) is 18.3 Å². The summed E-state index contributed by atoms with van der Waals surface area (Å²) in [4.78, 5) is 18.0. The average molecular weight is 253 g/mol. The van der Waals surface area contributed by atoms with Crippen molar-refractivity contribution in [2.75, 3.05) is 13.1 Å². The molecule has 0 radical (unpaired) electrons. The Kier molecular flexibility index (Phi) is 3.38. The van der Waals surface area contributed by atoms with Gasteiger partial charge in [0.1, 0.15) is 5.15 Å². The maximum atomic E-state index is 12.2. The molecule has 0 aromatic carbocycles. The first-order valence-corrected chi connectivity index (χ1v) is 6.27. The van der Waals surface area contributed by atoms with E-state index in [2.05, 4.69) is 18.8 Å². The van der Waals surface area contributed by atoms with E-state index in [0.717, 1.165) is 25.9 Å². The molecule has 1 aromatic rings. The number of hydrogen-bond acceptors (Lipinski definition) is 2. The number of aromatic nitrogens is 1. The third-order valence-corrected chi connectivity index (χ3v) is 3.69. The number of likely N-dealkylation sites (tertiary alicyclic amines) is 1. The molecule has 3 nitrogen and oxygen atoms in total. The standard InChI is InChI=1S/C13H17ClN2O/c1-13(2)5-8-16(9-6-13)12(17)10-4-3-7-15-11(10)14/h3-4,7H,5-6,8-9H2,1-2H3. The van der Waals surface area contributed by atoms with Crippen LogP contribution in [-0.2, 0) is 0 Å². The fraction of sp³-hybridized carbons (Fsp3) is 0.538. The molecule has 0 aliphatic carbocycles. The highest BCUT2D eigenvalue weighted by molar-refractivity contribution is 6.32. The summed E-state index contributed by atoms with van der Waals surface area (Å²) in [5.41, 5.74) is 0.851. The van der Waals surface area contributed by atoms with Gasteiger partial charge in [0, 0.05) is 19.3 Å². The van der Waals surface area contributed by atoms with Gasteiger partial charge in [-0.05, 0) is 30.4 Å². The van der Waals surface area contributed by atoms with Crippen molar-refractivity contribution < 1.29 is 4.79 Å². The fourth-order valence-electron chi connectivity index (χ4n) is 2.03. The monoisotopic (exact) mass is 252 g/mol. The minimum atomic E-state index is -0.00130. The van der Waals surface area contributed by atoms with Gasteiger partial charge in [0.15, 0.2) is 0 Å². The normalized spacial score (nSPS) is 19.1. The van der Waals surface area contributed by atoms with Crippen LogP contribution in [-0.4, -0.2) is 28.9 Å². The minimum Gasteiger partial charge on any atom is -0.339 e. The summed E-state index contributed by atoms with van der Waals surface area (Å²) in [5, 5.41) is 0.294. The smallest absolute Gasteiger partial charge is 0.256 e. The summed E-state index contributed by atoms with van der Waals surface area (Å²) < 4.78 is 0. The van der Waals surface area contributed by atoms with E-state index in [1.54, 1.807) is 18.3 Å². The summed E-state index contributed by atoms with van der Waals surface area (Å²) in [7, 11) is 0. The first-order valence-electron chi connectivity index (χ1n) is 5.89. The van der Waals surface area contributed by atoms with Crippen LogP contribution in [0.5, 0.6) is 0 Å². The molecule has 1 amide bonds. The molecule has 0 spiro atoms. The van der Waals surface area contributed by atoms with Crippen molar-refractivity contribution in [3.8, 4) is 0 Å². The van der Waals surface area contributed by atoms with Crippen molar-refractivity contribution >= 4 is 17.5 Å². The summed E-state index contributed by atoms with van der Waals surface area (Å²) >= 11 is 5.94. The van der Waals surface area contributed by atoms with E-state index in [-0.39, 0.29) is 5.91 Å². The Morgan fingerprint density at radius 3 is 2.65 bits per heavy atom. The van der Waals surface area contributed by atoms with Gasteiger partial charge in [-0.1, -0.05) is 25.4 Å². The predicted octanol–water partition coefficient (Wildman–Crippen LogP) is 3.00. The van der Waals surface area contributed by atoms with Crippen LogP contribution < -0.4 is 0 Å². The van der Waals surface area contributed by atoms with Gasteiger partial charge in [0.05, 0.1) is 5.56 Å². The molecule has 1 aromatic heterocycles. The second-order valence-electron chi connectivity index (χ2n) is 5.30. The lowest BCUT2D eigenvalue weighted by Crippen LogP contribution is -2.41. The molecule has 0 unspecified atom stereocenters. The van der Waals surface area contributed by atoms with E-state index in [0.29, 0.717) is 16.1 Å². The van der Waals surface area contributed by atoms with Crippen LogP contribution in [0.1, 0.15) is 37.0 Å². The molecular weight excluding hydrogens is 236 g/mol. The van der Waals surface area contributed by atoms with Crippen LogP contribution in [0.4, 0.5) is 0 Å². The fourth-order valence-corrected chi connectivity index (χ4v) is 2.23. The molecular formula is C13H17ClN2O. The zero-order valence-corrected chi connectivity index (χ0v) is 11.0. The first kappa shape index (κ1) is 12.4. The summed E-state index contributed by atoms with van der Waals surface area (Å²) in [6.07, 6.45) is 3.67. The maximum Gasteiger partial charge on any atom is 0.256 e. The second kappa shape index (κ2) is 4.65. The summed E-state index contributed by atoms with van der Waals surface area (Å²) in [5.74, 6) is -0.00130. The van der Waals surface area contributed by atoms with E-state index in [4.69, 9.17) is 11.6 Å². The van der Waals surface area contributed by atoms with Crippen molar-refractivity contribution in [1.29, 1.82) is 0 Å². The molecule has 0 saturated carbocycles. The van der Waals surface area contributed by atoms with Gasteiger partial charge in [-0.2, -0.15) is 0 Å². The van der Waals surface area contributed by atoms with E-state index in [1.807, 2.05) is 4.90 Å². The highest BCUT2D eigenvalue weighted by Gasteiger charge is 2.29. The molecule has 4 heteroatoms. The number of nitrogens with zero attached hydrogens (tertiary/aromatic N) is 2. The van der Waals surface area contributed by atoms with Gasteiger partial charge in [-0.3, -0.25) is 4.79 Å². The number of carbonyl (C=O) groups is 1. The third-order valence-electron chi connectivity index (χ3n) is 3.39. The Balaban J connectivity index is 2.10. The lowest BCUT2D eigenvalue weighted by Gasteiger charge is -2.36. The molecule has 2 heterocycles. The zero-order valence-electron chi connectivity index (χ0n) is 10.2. The predicted molar refractivity (Wildman–Crippen MR) is 68.2 cm³/mol. The number of rotatable bonds is 1. The Morgan fingerprint density at radius 1 is 1.41 bits per heavy atom. The minimum absolute atomic E-state index is 0.00130. The average Bonchev–Trinajstić information content (AvgIpc) is 2.29. The van der Waals surface area contributed by atoms with Crippen LogP contribution in [0.3, 0.4) is 0 Å². The largest absolute Gasteiger partial charge is 0.339 e. The number of carbonyl (C=O) groups excluding carboxylic acids is 1. The van der Waals surface area contributed by atoms with Crippen LogP contribution in [0.2, 0.25) is 5.15 Å². The molecule has 17 heavy (non-hydrogen) atoms. The number of piperidine rings is 1. The van der Waals surface area contributed by atoms with Gasteiger partial charge in [0.25, 0.3) is 5.91 Å². The first-order chi connectivity index (χ1) is 7.99. The molecule has 1 fully saturated rings. The highest BCUT2D eigenvalue weighted by atomic mass is 35.5. The van der Waals surface area contributed by atoms with Crippen molar-refractivity contribution in [1.82, 2.24) is 9.88 Å². The summed E-state index contributed by atoms with van der Waals surface area (Å²) in [6, 6.07) is 3.48. The van der Waals surface area contributed by atoms with Gasteiger partial charge >= 0.3 is 0 Å². The van der Waals surface area contributed by atoms with Gasteiger partial charge < -0.3 is 4.90 Å². The second-order valence-corrected chi connectivity index (χ2v) is 5.66. The molecule has 92 valence electrons. The van der Waals surface area contributed by atoms with Crippen molar-refractivity contribution in [3.05, 3.63) is 29.0 Å². The van der Waals surface area contributed by atoms with E-state index in [1.165, 1.54) is 0 Å². The molecule has 1 saturated heterocycles. The molecule has 0 bridgehead atoms. The lowest BCUT2D eigenvalue weighted by atomic mass is 9.82. The van der Waals surface area contributed by atoms with Crippen LogP contribution >= 0.6 is 11.6 Å². The Hall–Kier alpha value is -1.09. The van der Waals surface area contributed by atoms with E-state index < -0.39 is 0 Å². The Morgan fingerprint density at radius 2 is 2.06 bits per heavy atom. The van der Waals surface area contributed by atoms with Gasteiger partial charge in [-0.15, -0.1) is 0 Å². The van der Waals surface area contributed by atoms with Crippen molar-refractivity contribution in [2.45, 2.75) is 26.7 Å². The van der Waals surface area contributed by atoms with E-state index in [9.17, 15) is 4.79 Å². The molecule has 2 rings (SSSR count). The quantitative estimate of drug-likeness (QED) is 0.720. The molecule has 0 N–H and O–H groups in total. The number of amides is 1. The van der Waals surface area contributed by atoms with Gasteiger partial charge in [-0.25, -0.2) is 4.98 Å². The molecule has 1 aliphatic rings. The highest BCUT2D eigenvalue weighted by Crippen LogP contribution is 2.30. The molecule has 1 aliphatic heterocycles. The van der Waals surface area contributed by atoms with Crippen LogP contribution in [0, 0.1) is 5.41 Å². The maximum absolute atomic E-state index is 12.2. The lowest BCUT2D eigenvalue weighted by molar-refractivity contribution is 0.0630. The van der Waals surface area contributed by atoms with E-state index >= 15 is 0 Å². The van der Waals surface area contributed by atoms with Gasteiger partial charge in [0.2, 0.25) is 0 Å². The third kappa shape index (κ3) is 2.78. The zero-order chi connectivity index (χ0) is 12.5. The van der Waals surface area contributed by atoms with Crippen molar-refractivity contribution in [2.24, 2.45) is 5.41 Å². The Labute approximate surface area is 107 Å². The Bertz CT molecular complexity index is 421. The molecule has 0 atom stereocenters.